The largest absolute Gasteiger partial charge is 0.477 e. The molecular weight excluding hydrogens is 358 g/mol. The van der Waals surface area contributed by atoms with Gasteiger partial charge in [-0.15, -0.1) is 0 Å². The topological polar surface area (TPSA) is 113 Å². The van der Waals surface area contributed by atoms with E-state index in [-0.39, 0.29) is 11.4 Å². The summed E-state index contributed by atoms with van der Waals surface area (Å²) in [5, 5.41) is 21.7. The molecule has 0 saturated carbocycles. The van der Waals surface area contributed by atoms with Crippen molar-refractivity contribution in [3.05, 3.63) is 66.0 Å². The minimum Gasteiger partial charge on any atom is -0.477 e. The highest BCUT2D eigenvalue weighted by atomic mass is 16.4. The lowest BCUT2D eigenvalue weighted by Gasteiger charge is -2.08. The third kappa shape index (κ3) is 2.34. The molecule has 0 amide bonds. The fourth-order valence-electron chi connectivity index (χ4n) is 3.36. The van der Waals surface area contributed by atoms with Gasteiger partial charge in [0.1, 0.15) is 11.4 Å². The van der Waals surface area contributed by atoms with E-state index < -0.39 is 11.9 Å². The number of aromatic carboxylic acids is 2. The molecule has 5 aromatic rings. The summed E-state index contributed by atoms with van der Waals surface area (Å²) in [6.07, 6.45) is 0. The molecule has 3 aromatic heterocycles. The number of aromatic nitrogens is 3. The molecule has 0 aliphatic carbocycles. The van der Waals surface area contributed by atoms with Crippen molar-refractivity contribution in [3.8, 4) is 0 Å². The molecule has 0 aliphatic rings. The second-order valence-corrected chi connectivity index (χ2v) is 6.41. The second kappa shape index (κ2) is 5.68. The van der Waals surface area contributed by atoms with Crippen LogP contribution in [0.1, 0.15) is 21.0 Å². The van der Waals surface area contributed by atoms with Gasteiger partial charge in [-0.05, 0) is 18.2 Å². The standard InChI is InChI=1S/C21H11N3O4/c25-20(26)14-7-5-10-1-3-12-9-13-4-2-11-6-8-15(21(27)28)23-17(11)19(13)24-18(12)16(10)22-14/h1-9H,(H,25,26)(H,27,28). The first-order valence-corrected chi connectivity index (χ1v) is 8.42. The Morgan fingerprint density at radius 2 is 0.893 bits per heavy atom. The Labute approximate surface area is 156 Å². The number of pyridine rings is 3. The minimum atomic E-state index is -1.11. The maximum atomic E-state index is 11.3. The third-order valence-corrected chi connectivity index (χ3v) is 4.71. The quantitative estimate of drug-likeness (QED) is 0.358. The summed E-state index contributed by atoms with van der Waals surface area (Å²) in [5.74, 6) is -2.23. The zero-order chi connectivity index (χ0) is 19.4. The van der Waals surface area contributed by atoms with E-state index in [4.69, 9.17) is 4.98 Å². The van der Waals surface area contributed by atoms with Crippen LogP contribution in [0.15, 0.2) is 54.6 Å². The Kier molecular flexibility index (Phi) is 3.26. The van der Waals surface area contributed by atoms with Crippen molar-refractivity contribution in [1.82, 2.24) is 15.0 Å². The summed E-state index contributed by atoms with van der Waals surface area (Å²) in [4.78, 5) is 35.9. The van der Waals surface area contributed by atoms with Crippen molar-refractivity contribution >= 4 is 55.6 Å². The van der Waals surface area contributed by atoms with Gasteiger partial charge >= 0.3 is 11.9 Å². The molecule has 0 fully saturated rings. The van der Waals surface area contributed by atoms with Crippen molar-refractivity contribution in [2.75, 3.05) is 0 Å². The van der Waals surface area contributed by atoms with E-state index >= 15 is 0 Å². The van der Waals surface area contributed by atoms with Crippen LogP contribution in [0.5, 0.6) is 0 Å². The van der Waals surface area contributed by atoms with E-state index in [2.05, 4.69) is 9.97 Å². The van der Waals surface area contributed by atoms with E-state index in [0.717, 1.165) is 21.5 Å². The number of fused-ring (bicyclic) bond motifs is 6. The molecule has 5 rings (SSSR count). The first kappa shape index (κ1) is 16.1. The van der Waals surface area contributed by atoms with Crippen molar-refractivity contribution < 1.29 is 19.8 Å². The molecule has 28 heavy (non-hydrogen) atoms. The minimum absolute atomic E-state index is 0.0638. The monoisotopic (exact) mass is 369 g/mol. The van der Waals surface area contributed by atoms with Gasteiger partial charge in [0.15, 0.2) is 0 Å². The van der Waals surface area contributed by atoms with E-state index in [0.29, 0.717) is 22.1 Å². The van der Waals surface area contributed by atoms with Gasteiger partial charge in [0.2, 0.25) is 0 Å². The van der Waals surface area contributed by atoms with E-state index in [1.54, 1.807) is 12.1 Å². The molecule has 134 valence electrons. The van der Waals surface area contributed by atoms with E-state index in [1.165, 1.54) is 12.1 Å². The molecule has 0 atom stereocenters. The van der Waals surface area contributed by atoms with Crippen LogP contribution in [0, 0.1) is 0 Å². The Bertz CT molecular complexity index is 1370. The van der Waals surface area contributed by atoms with Crippen LogP contribution in [-0.4, -0.2) is 37.1 Å². The SMILES string of the molecule is O=C(O)c1ccc2ccc3cc4ccc5ccc(C(=O)O)nc5c4nc3c2n1. The summed E-state index contributed by atoms with van der Waals surface area (Å²) in [5.41, 5.74) is 1.92. The molecule has 0 saturated heterocycles. The fraction of sp³-hybridized carbons (Fsp3) is 0. The number of nitrogens with zero attached hydrogens (tertiary/aromatic N) is 3. The lowest BCUT2D eigenvalue weighted by Crippen LogP contribution is -2.01. The number of hydrogen-bond acceptors (Lipinski definition) is 5. The number of hydrogen-bond donors (Lipinski definition) is 2. The number of rotatable bonds is 2. The van der Waals surface area contributed by atoms with Crippen LogP contribution in [-0.2, 0) is 0 Å². The average molecular weight is 369 g/mol. The summed E-state index contributed by atoms with van der Waals surface area (Å²) in [7, 11) is 0. The van der Waals surface area contributed by atoms with Crippen LogP contribution in [0.25, 0.3) is 43.6 Å². The molecule has 0 aliphatic heterocycles. The van der Waals surface area contributed by atoms with Crippen LogP contribution < -0.4 is 0 Å². The highest BCUT2D eigenvalue weighted by Crippen LogP contribution is 2.29. The normalized spacial score (nSPS) is 11.4. The van der Waals surface area contributed by atoms with Crippen LogP contribution in [0.3, 0.4) is 0 Å². The zero-order valence-electron chi connectivity index (χ0n) is 14.2. The fourth-order valence-corrected chi connectivity index (χ4v) is 3.36. The molecule has 0 radical (unpaired) electrons. The number of benzene rings is 2. The van der Waals surface area contributed by atoms with Gasteiger partial charge in [0.05, 0.1) is 22.1 Å². The summed E-state index contributed by atoms with van der Waals surface area (Å²) in [6, 6.07) is 15.7. The Hall–Kier alpha value is -4.13. The first-order valence-electron chi connectivity index (χ1n) is 8.42. The molecule has 2 aromatic carbocycles. The Morgan fingerprint density at radius 1 is 0.536 bits per heavy atom. The van der Waals surface area contributed by atoms with Gasteiger partial charge in [-0.2, -0.15) is 0 Å². The third-order valence-electron chi connectivity index (χ3n) is 4.71. The second-order valence-electron chi connectivity index (χ2n) is 6.41. The lowest BCUT2D eigenvalue weighted by molar-refractivity contribution is 0.0680. The highest BCUT2D eigenvalue weighted by molar-refractivity contribution is 6.12. The van der Waals surface area contributed by atoms with E-state index in [1.807, 2.05) is 30.3 Å². The molecular formula is C21H11N3O4. The zero-order valence-corrected chi connectivity index (χ0v) is 14.2. The van der Waals surface area contributed by atoms with Gasteiger partial charge < -0.3 is 10.2 Å². The van der Waals surface area contributed by atoms with Gasteiger partial charge in [-0.25, -0.2) is 24.5 Å². The summed E-state index contributed by atoms with van der Waals surface area (Å²) >= 11 is 0. The number of carbonyl (C=O) groups is 2. The van der Waals surface area contributed by atoms with Crippen molar-refractivity contribution in [2.24, 2.45) is 0 Å². The van der Waals surface area contributed by atoms with Crippen LogP contribution in [0.4, 0.5) is 0 Å². The van der Waals surface area contributed by atoms with Crippen molar-refractivity contribution in [1.29, 1.82) is 0 Å². The molecule has 3 heterocycles. The van der Waals surface area contributed by atoms with Gasteiger partial charge in [-0.1, -0.05) is 36.4 Å². The Balaban J connectivity index is 1.94. The average Bonchev–Trinajstić information content (AvgIpc) is 2.71. The Morgan fingerprint density at radius 3 is 1.32 bits per heavy atom. The van der Waals surface area contributed by atoms with E-state index in [9.17, 15) is 19.8 Å². The maximum Gasteiger partial charge on any atom is 0.354 e. The molecule has 7 heteroatoms. The van der Waals surface area contributed by atoms with Gasteiger partial charge in [-0.3, -0.25) is 0 Å². The molecule has 2 N–H and O–H groups in total. The van der Waals surface area contributed by atoms with Crippen LogP contribution >= 0.6 is 0 Å². The molecule has 7 nitrogen and oxygen atoms in total. The summed E-state index contributed by atoms with van der Waals surface area (Å²) in [6.45, 7) is 0. The lowest BCUT2D eigenvalue weighted by atomic mass is 10.1. The van der Waals surface area contributed by atoms with Crippen molar-refractivity contribution in [2.45, 2.75) is 0 Å². The first-order chi connectivity index (χ1) is 13.5. The predicted molar refractivity (Wildman–Crippen MR) is 104 cm³/mol. The maximum absolute atomic E-state index is 11.3. The molecule has 0 bridgehead atoms. The van der Waals surface area contributed by atoms with Gasteiger partial charge in [0, 0.05) is 21.5 Å². The smallest absolute Gasteiger partial charge is 0.354 e. The predicted octanol–water partition coefficient (Wildman–Crippen LogP) is 3.88. The number of carboxylic acid groups (broad SMARTS) is 2. The van der Waals surface area contributed by atoms with Crippen molar-refractivity contribution in [3.63, 3.8) is 0 Å². The molecule has 0 spiro atoms. The van der Waals surface area contributed by atoms with Gasteiger partial charge in [0.25, 0.3) is 0 Å². The number of carboxylic acids is 2. The summed E-state index contributed by atoms with van der Waals surface area (Å²) < 4.78 is 0. The van der Waals surface area contributed by atoms with Crippen LogP contribution in [0.2, 0.25) is 0 Å². The highest BCUT2D eigenvalue weighted by Gasteiger charge is 2.13. The molecule has 0 unspecified atom stereocenters.